The Labute approximate surface area is 116 Å². The molecule has 0 fully saturated rings. The molecule has 0 atom stereocenters. The lowest BCUT2D eigenvalue weighted by Gasteiger charge is -2.07. The molecular weight excluding hydrogens is 256 g/mol. The van der Waals surface area contributed by atoms with Gasteiger partial charge in [0.15, 0.2) is 0 Å². The molecule has 0 spiro atoms. The Morgan fingerprint density at radius 1 is 1.30 bits per heavy atom. The molecule has 2 aromatic rings. The molecule has 0 amide bonds. The van der Waals surface area contributed by atoms with Crippen LogP contribution in [0.2, 0.25) is 0 Å². The van der Waals surface area contributed by atoms with Crippen LogP contribution in [0.25, 0.3) is 11.3 Å². The van der Waals surface area contributed by atoms with Gasteiger partial charge in [-0.2, -0.15) is 5.10 Å². The largest absolute Gasteiger partial charge is 0.481 e. The zero-order chi connectivity index (χ0) is 14.7. The number of aromatic nitrogens is 2. The van der Waals surface area contributed by atoms with Gasteiger partial charge < -0.3 is 5.11 Å². The van der Waals surface area contributed by atoms with Crippen LogP contribution in [0.4, 0.5) is 0 Å². The Morgan fingerprint density at radius 2 is 2.05 bits per heavy atom. The highest BCUT2D eigenvalue weighted by Crippen LogP contribution is 2.22. The summed E-state index contributed by atoms with van der Waals surface area (Å²) in [4.78, 5) is 22.2. The van der Waals surface area contributed by atoms with Crippen LogP contribution in [-0.4, -0.2) is 21.3 Å². The highest BCUT2D eigenvalue weighted by molar-refractivity contribution is 5.67. The van der Waals surface area contributed by atoms with E-state index in [4.69, 9.17) is 5.11 Å². The number of hydrogen-bond donors (Lipinski definition) is 2. The summed E-state index contributed by atoms with van der Waals surface area (Å²) in [6, 6.07) is 7.64. The fraction of sp³-hybridized carbons (Fsp3) is 0.267. The molecule has 1 aromatic heterocycles. The van der Waals surface area contributed by atoms with E-state index in [2.05, 4.69) is 10.2 Å². The van der Waals surface area contributed by atoms with Gasteiger partial charge in [-0.1, -0.05) is 23.8 Å². The Balaban J connectivity index is 2.40. The van der Waals surface area contributed by atoms with Crippen molar-refractivity contribution in [2.75, 3.05) is 0 Å². The molecule has 20 heavy (non-hydrogen) atoms. The Hall–Kier alpha value is -2.43. The van der Waals surface area contributed by atoms with Crippen molar-refractivity contribution in [1.29, 1.82) is 0 Å². The van der Waals surface area contributed by atoms with Crippen molar-refractivity contribution in [3.63, 3.8) is 0 Å². The molecule has 0 aliphatic rings. The maximum atomic E-state index is 11.6. The van der Waals surface area contributed by atoms with E-state index in [0.29, 0.717) is 11.3 Å². The first-order chi connectivity index (χ1) is 9.47. The molecule has 2 rings (SSSR count). The summed E-state index contributed by atoms with van der Waals surface area (Å²) in [6.45, 7) is 3.99. The van der Waals surface area contributed by atoms with Gasteiger partial charge in [-0.25, -0.2) is 5.10 Å². The lowest BCUT2D eigenvalue weighted by Crippen LogP contribution is -2.15. The van der Waals surface area contributed by atoms with Crippen molar-refractivity contribution in [1.82, 2.24) is 10.2 Å². The van der Waals surface area contributed by atoms with Gasteiger partial charge in [-0.3, -0.25) is 9.59 Å². The van der Waals surface area contributed by atoms with Crippen LogP contribution in [-0.2, 0) is 11.2 Å². The van der Waals surface area contributed by atoms with Gasteiger partial charge in [-0.05, 0) is 31.9 Å². The van der Waals surface area contributed by atoms with Gasteiger partial charge in [0.05, 0.1) is 5.69 Å². The SMILES string of the molecule is Cc1ccc(-c2cc(CCC(=O)O)c(=O)[nH]n2)c(C)c1. The molecule has 0 aliphatic heterocycles. The highest BCUT2D eigenvalue weighted by Gasteiger charge is 2.09. The first kappa shape index (κ1) is 14.0. The minimum absolute atomic E-state index is 0.0700. The average Bonchev–Trinajstić information content (AvgIpc) is 2.38. The number of hydrogen-bond acceptors (Lipinski definition) is 3. The second-order valence-electron chi connectivity index (χ2n) is 4.82. The molecule has 0 aliphatic carbocycles. The molecule has 0 unspecified atom stereocenters. The third-order valence-corrected chi connectivity index (χ3v) is 3.15. The van der Waals surface area contributed by atoms with E-state index in [1.807, 2.05) is 32.0 Å². The van der Waals surface area contributed by atoms with Gasteiger partial charge in [0.2, 0.25) is 0 Å². The van der Waals surface area contributed by atoms with Crippen LogP contribution < -0.4 is 5.56 Å². The second-order valence-corrected chi connectivity index (χ2v) is 4.82. The van der Waals surface area contributed by atoms with E-state index in [9.17, 15) is 9.59 Å². The van der Waals surface area contributed by atoms with Gasteiger partial charge in [-0.15, -0.1) is 0 Å². The van der Waals surface area contributed by atoms with Gasteiger partial charge in [0, 0.05) is 17.5 Å². The quantitative estimate of drug-likeness (QED) is 0.892. The maximum absolute atomic E-state index is 11.6. The molecule has 1 heterocycles. The van der Waals surface area contributed by atoms with E-state index in [-0.39, 0.29) is 18.4 Å². The number of carbonyl (C=O) groups is 1. The fourth-order valence-corrected chi connectivity index (χ4v) is 2.11. The molecule has 104 valence electrons. The van der Waals surface area contributed by atoms with E-state index < -0.39 is 5.97 Å². The monoisotopic (exact) mass is 272 g/mol. The second kappa shape index (κ2) is 5.69. The van der Waals surface area contributed by atoms with Crippen LogP contribution >= 0.6 is 0 Å². The van der Waals surface area contributed by atoms with E-state index in [0.717, 1.165) is 16.7 Å². The summed E-state index contributed by atoms with van der Waals surface area (Å²) < 4.78 is 0. The van der Waals surface area contributed by atoms with Crippen LogP contribution in [0, 0.1) is 13.8 Å². The van der Waals surface area contributed by atoms with E-state index in [1.165, 1.54) is 0 Å². The summed E-state index contributed by atoms with van der Waals surface area (Å²) in [5, 5.41) is 15.2. The molecule has 0 bridgehead atoms. The molecule has 0 saturated heterocycles. The summed E-state index contributed by atoms with van der Waals surface area (Å²) in [5.74, 6) is -0.922. The van der Waals surface area contributed by atoms with E-state index in [1.54, 1.807) is 6.07 Å². The van der Waals surface area contributed by atoms with Crippen molar-refractivity contribution in [2.45, 2.75) is 26.7 Å². The van der Waals surface area contributed by atoms with Crippen molar-refractivity contribution < 1.29 is 9.90 Å². The molecule has 1 aromatic carbocycles. The summed E-state index contributed by atoms with van der Waals surface area (Å²) in [5.41, 5.74) is 3.92. The predicted octanol–water partition coefficient (Wildman–Crippen LogP) is 2.07. The minimum atomic E-state index is -0.922. The van der Waals surface area contributed by atoms with Crippen molar-refractivity contribution >= 4 is 5.97 Å². The van der Waals surface area contributed by atoms with Crippen LogP contribution in [0.5, 0.6) is 0 Å². The number of aliphatic carboxylic acids is 1. The fourth-order valence-electron chi connectivity index (χ4n) is 2.11. The normalized spacial score (nSPS) is 10.5. The van der Waals surface area contributed by atoms with Gasteiger partial charge >= 0.3 is 5.97 Å². The lowest BCUT2D eigenvalue weighted by atomic mass is 10.0. The zero-order valence-electron chi connectivity index (χ0n) is 11.4. The van der Waals surface area contributed by atoms with Crippen molar-refractivity contribution in [3.8, 4) is 11.3 Å². The zero-order valence-corrected chi connectivity index (χ0v) is 11.4. The number of benzene rings is 1. The summed E-state index contributed by atoms with van der Waals surface area (Å²) in [7, 11) is 0. The molecule has 5 heteroatoms. The predicted molar refractivity (Wildman–Crippen MR) is 75.7 cm³/mol. The number of H-pyrrole nitrogens is 1. The Kier molecular flexibility index (Phi) is 3.98. The highest BCUT2D eigenvalue weighted by atomic mass is 16.4. The standard InChI is InChI=1S/C15H16N2O3/c1-9-3-5-12(10(2)7-9)13-8-11(4-6-14(18)19)15(20)17-16-13/h3,5,7-8H,4,6H2,1-2H3,(H,17,20)(H,18,19). The van der Waals surface area contributed by atoms with Crippen LogP contribution in [0.1, 0.15) is 23.1 Å². The number of aryl methyl sites for hydroxylation is 3. The minimum Gasteiger partial charge on any atom is -0.481 e. The molecule has 2 N–H and O–H groups in total. The topological polar surface area (TPSA) is 83.0 Å². The average molecular weight is 272 g/mol. The maximum Gasteiger partial charge on any atom is 0.303 e. The molecular formula is C15H16N2O3. The summed E-state index contributed by atoms with van der Waals surface area (Å²) >= 11 is 0. The smallest absolute Gasteiger partial charge is 0.303 e. The third kappa shape index (κ3) is 3.12. The van der Waals surface area contributed by atoms with Crippen LogP contribution in [0.3, 0.4) is 0 Å². The number of nitrogens with zero attached hydrogens (tertiary/aromatic N) is 1. The molecule has 0 radical (unpaired) electrons. The molecule has 5 nitrogen and oxygen atoms in total. The number of nitrogens with one attached hydrogen (secondary N) is 1. The van der Waals surface area contributed by atoms with Crippen LogP contribution in [0.15, 0.2) is 29.1 Å². The number of carboxylic acid groups (broad SMARTS) is 1. The Morgan fingerprint density at radius 3 is 2.70 bits per heavy atom. The van der Waals surface area contributed by atoms with Crippen molar-refractivity contribution in [3.05, 3.63) is 51.3 Å². The Bertz CT molecular complexity index is 705. The molecule has 0 saturated carbocycles. The number of carboxylic acids is 1. The first-order valence-corrected chi connectivity index (χ1v) is 6.35. The van der Waals surface area contributed by atoms with E-state index >= 15 is 0 Å². The third-order valence-electron chi connectivity index (χ3n) is 3.15. The summed E-state index contributed by atoms with van der Waals surface area (Å²) in [6.07, 6.45) is 0.129. The number of rotatable bonds is 4. The van der Waals surface area contributed by atoms with Crippen molar-refractivity contribution in [2.24, 2.45) is 0 Å². The van der Waals surface area contributed by atoms with Gasteiger partial charge in [0.25, 0.3) is 5.56 Å². The van der Waals surface area contributed by atoms with Gasteiger partial charge in [0.1, 0.15) is 0 Å². The first-order valence-electron chi connectivity index (χ1n) is 6.35. The lowest BCUT2D eigenvalue weighted by molar-refractivity contribution is -0.136. The number of aromatic amines is 1.